The van der Waals surface area contributed by atoms with E-state index in [0.717, 1.165) is 110 Å². The van der Waals surface area contributed by atoms with E-state index < -0.39 is 34.3 Å². The maximum Gasteiger partial charge on any atom is 0.417 e. The molecule has 15 aromatic carbocycles. The molecule has 21 rings (SSSR count). The predicted molar refractivity (Wildman–Crippen MR) is 415 cm³/mol. The van der Waals surface area contributed by atoms with E-state index in [1.165, 1.54) is 78.9 Å². The van der Waals surface area contributed by atoms with Gasteiger partial charge in [-0.1, -0.05) is 266 Å². The lowest BCUT2D eigenvalue weighted by molar-refractivity contribution is -0.138. The summed E-state index contributed by atoms with van der Waals surface area (Å²) in [5.41, 5.74) is 27.9. The highest BCUT2D eigenvalue weighted by atomic mass is 32.1. The van der Waals surface area contributed by atoms with Crippen molar-refractivity contribution in [1.82, 2.24) is 9.97 Å². The maximum atomic E-state index is 14.9. The van der Waals surface area contributed by atoms with Crippen molar-refractivity contribution in [3.05, 3.63) is 370 Å². The Morgan fingerprint density at radius 3 is 1.06 bits per heavy atom. The van der Waals surface area contributed by atoms with Gasteiger partial charge in [-0.3, -0.25) is 0 Å². The van der Waals surface area contributed by atoms with Gasteiger partial charge in [0.05, 0.1) is 42.7 Å². The van der Waals surface area contributed by atoms with E-state index in [2.05, 4.69) is 212 Å². The summed E-state index contributed by atoms with van der Waals surface area (Å²) in [6.07, 6.45) is -9.08. The molecule has 105 heavy (non-hydrogen) atoms. The van der Waals surface area contributed by atoms with E-state index >= 15 is 0 Å². The fraction of sp³-hybridized carbons (Fsp3) is 0.0625. The molecule has 0 saturated heterocycles. The van der Waals surface area contributed by atoms with Gasteiger partial charge in [-0.25, -0.2) is 9.97 Å². The second-order valence-electron chi connectivity index (χ2n) is 28.4. The standard InChI is InChI=1S/C96H56F6N2S/c1-53-39-43-63(84(47-53)96(100,101)102)60-22-16-20-56(50-60)58-41-45-69-75(52-58)74-51-57(55-19-15-21-59(49-55)62-46-42-61(48-54(62)2)95(97,98)99)40-44-68(74)87-88(69)104-90-89(103-87)91(72-29-17-37-82-85(72)70-27-7-13-35-80(70)93(82)76-31-9-3-23-64(76)65-24-4-10-32-77(65)93)105-92(90)73-30-18-38-83-86(73)71-28-8-14-36-81(71)94(83)78-33-11-5-25-66(78)67-26-6-12-34-79(67)94/h3-52H,1-2H3. The molecule has 498 valence electrons. The molecule has 0 atom stereocenters. The van der Waals surface area contributed by atoms with Crippen LogP contribution in [0.1, 0.15) is 66.8 Å². The van der Waals surface area contributed by atoms with Crippen LogP contribution in [0, 0.1) is 13.8 Å². The summed E-state index contributed by atoms with van der Waals surface area (Å²) >= 11 is 1.74. The molecule has 17 aromatic rings. The van der Waals surface area contributed by atoms with E-state index in [1.54, 1.807) is 49.4 Å². The number of aromatic nitrogens is 2. The number of rotatable bonds is 6. The number of nitrogens with zero attached hydrogens (tertiary/aromatic N) is 2. The fourth-order valence-corrected chi connectivity index (χ4v) is 19.9. The molecule has 2 spiro atoms. The van der Waals surface area contributed by atoms with Crippen molar-refractivity contribution < 1.29 is 26.3 Å². The van der Waals surface area contributed by atoms with Crippen LogP contribution in [0.15, 0.2) is 303 Å². The summed E-state index contributed by atoms with van der Waals surface area (Å²) < 4.78 is 86.9. The first-order valence-electron chi connectivity index (χ1n) is 35.2. The zero-order chi connectivity index (χ0) is 70.6. The number of benzene rings is 15. The second kappa shape index (κ2) is 22.1. The Morgan fingerprint density at radius 2 is 0.629 bits per heavy atom. The van der Waals surface area contributed by atoms with Crippen molar-refractivity contribution in [2.45, 2.75) is 37.0 Å². The van der Waals surface area contributed by atoms with E-state index in [-0.39, 0.29) is 5.56 Å². The van der Waals surface area contributed by atoms with Gasteiger partial charge in [-0.05, 0) is 206 Å². The number of aryl methyl sites for hydroxylation is 2. The van der Waals surface area contributed by atoms with Gasteiger partial charge >= 0.3 is 12.4 Å². The first-order valence-corrected chi connectivity index (χ1v) is 36.1. The van der Waals surface area contributed by atoms with Crippen molar-refractivity contribution in [1.29, 1.82) is 0 Å². The van der Waals surface area contributed by atoms with Crippen LogP contribution in [0.4, 0.5) is 26.3 Å². The minimum Gasteiger partial charge on any atom is -0.242 e. The largest absolute Gasteiger partial charge is 0.417 e. The lowest BCUT2D eigenvalue weighted by Crippen LogP contribution is -2.25. The summed E-state index contributed by atoms with van der Waals surface area (Å²) in [5.74, 6) is 0. The van der Waals surface area contributed by atoms with Gasteiger partial charge in [0.2, 0.25) is 0 Å². The molecule has 0 unspecified atom stereocenters. The zero-order valence-electron chi connectivity index (χ0n) is 56.4. The molecule has 2 aromatic heterocycles. The van der Waals surface area contributed by atoms with E-state index in [0.29, 0.717) is 33.3 Å². The van der Waals surface area contributed by atoms with Crippen LogP contribution in [0.25, 0.3) is 154 Å². The average Bonchev–Trinajstić information content (AvgIpc) is 1.51. The Labute approximate surface area is 604 Å². The summed E-state index contributed by atoms with van der Waals surface area (Å²) in [6.45, 7) is 3.37. The minimum atomic E-state index is -4.59. The molecule has 0 radical (unpaired) electrons. The summed E-state index contributed by atoms with van der Waals surface area (Å²) in [5, 5.41) is 3.37. The van der Waals surface area contributed by atoms with Gasteiger partial charge < -0.3 is 0 Å². The number of alkyl halides is 6. The third-order valence-electron chi connectivity index (χ3n) is 22.9. The number of halogens is 6. The molecule has 0 aliphatic heterocycles. The third-order valence-corrected chi connectivity index (χ3v) is 24.2. The number of hydrogen-bond acceptors (Lipinski definition) is 3. The molecule has 2 heterocycles. The Balaban J connectivity index is 0.853. The quantitative estimate of drug-likeness (QED) is 0.122. The highest BCUT2D eigenvalue weighted by Crippen LogP contribution is 2.67. The van der Waals surface area contributed by atoms with E-state index in [4.69, 9.17) is 9.97 Å². The molecule has 0 bridgehead atoms. The molecular formula is C96H56F6N2S. The Kier molecular flexibility index (Phi) is 12.9. The van der Waals surface area contributed by atoms with Gasteiger partial charge in [0.15, 0.2) is 0 Å². The number of thiophene rings is 1. The van der Waals surface area contributed by atoms with Crippen LogP contribution < -0.4 is 0 Å². The molecule has 4 aliphatic carbocycles. The van der Waals surface area contributed by atoms with E-state index in [1.807, 2.05) is 48.5 Å². The first kappa shape index (κ1) is 61.4. The van der Waals surface area contributed by atoms with Crippen molar-refractivity contribution in [3.8, 4) is 110 Å². The number of fused-ring (bicyclic) bond motifs is 27. The van der Waals surface area contributed by atoms with Crippen LogP contribution in [0.5, 0.6) is 0 Å². The SMILES string of the molecule is Cc1ccc(-c2cccc(-c3ccc4c(c3)c3cc(-c5cccc(-c6ccc(C(F)(F)F)cc6C)c5)ccc3c3nc5c(-c6cccc7c6-c6ccccc6C76c7ccccc7-c7ccccc76)sc(-c6cccc7c6-c6ccccc6C76c7ccccc7-c7ccccc76)c5nc43)c2)c(C(F)(F)F)c1. The van der Waals surface area contributed by atoms with Crippen molar-refractivity contribution in [2.75, 3.05) is 0 Å². The molecular weight excluding hydrogens is 1330 g/mol. The van der Waals surface area contributed by atoms with Gasteiger partial charge in [0.1, 0.15) is 11.0 Å². The Hall–Kier alpha value is -12.3. The fourth-order valence-electron chi connectivity index (χ4n) is 18.7. The predicted octanol–water partition coefficient (Wildman–Crippen LogP) is 26.5. The highest BCUT2D eigenvalue weighted by Gasteiger charge is 2.54. The number of hydrogen-bond donors (Lipinski definition) is 0. The molecule has 0 amide bonds. The summed E-state index contributed by atoms with van der Waals surface area (Å²) in [7, 11) is 0. The summed E-state index contributed by atoms with van der Waals surface area (Å²) in [6, 6.07) is 103. The smallest absolute Gasteiger partial charge is 0.242 e. The molecule has 0 fully saturated rings. The van der Waals surface area contributed by atoms with Gasteiger partial charge in [-0.2, -0.15) is 26.3 Å². The molecule has 9 heteroatoms. The second-order valence-corrected chi connectivity index (χ2v) is 29.4. The van der Waals surface area contributed by atoms with Crippen molar-refractivity contribution in [3.63, 3.8) is 0 Å². The lowest BCUT2D eigenvalue weighted by Gasteiger charge is -2.30. The third kappa shape index (κ3) is 8.55. The molecule has 0 saturated carbocycles. The maximum absolute atomic E-state index is 14.9. The Bertz CT molecular complexity index is 6600. The molecule has 4 aliphatic rings. The van der Waals surface area contributed by atoms with Crippen molar-refractivity contribution in [2.24, 2.45) is 0 Å². The van der Waals surface area contributed by atoms with Crippen LogP contribution in [-0.2, 0) is 23.2 Å². The first-order chi connectivity index (χ1) is 51.2. The topological polar surface area (TPSA) is 25.8 Å². The Morgan fingerprint density at radius 1 is 0.267 bits per heavy atom. The lowest BCUT2D eigenvalue weighted by atomic mass is 9.70. The van der Waals surface area contributed by atoms with Crippen LogP contribution >= 0.6 is 11.3 Å². The van der Waals surface area contributed by atoms with E-state index in [9.17, 15) is 26.3 Å². The minimum absolute atomic E-state index is 0.0923. The average molecular weight is 1380 g/mol. The molecule has 2 nitrogen and oxygen atoms in total. The van der Waals surface area contributed by atoms with Gasteiger partial charge in [0, 0.05) is 21.9 Å². The molecule has 0 N–H and O–H groups in total. The zero-order valence-corrected chi connectivity index (χ0v) is 57.3. The van der Waals surface area contributed by atoms with Crippen LogP contribution in [-0.4, -0.2) is 9.97 Å². The monoisotopic (exact) mass is 1380 g/mol. The summed E-state index contributed by atoms with van der Waals surface area (Å²) in [4.78, 5) is 14.2. The van der Waals surface area contributed by atoms with Crippen LogP contribution in [0.2, 0.25) is 0 Å². The normalized spacial score (nSPS) is 13.9. The van der Waals surface area contributed by atoms with Gasteiger partial charge in [-0.15, -0.1) is 11.3 Å². The van der Waals surface area contributed by atoms with Crippen LogP contribution in [0.3, 0.4) is 0 Å². The van der Waals surface area contributed by atoms with Crippen molar-refractivity contribution >= 4 is 54.9 Å². The van der Waals surface area contributed by atoms with Gasteiger partial charge in [0.25, 0.3) is 0 Å². The highest BCUT2D eigenvalue weighted by molar-refractivity contribution is 7.21.